The molecular formula is C16H14FN3O5. The molecule has 0 bridgehead atoms. The Hall–Kier alpha value is -3.23. The van der Waals surface area contributed by atoms with E-state index in [0.29, 0.717) is 12.1 Å². The van der Waals surface area contributed by atoms with E-state index in [-0.39, 0.29) is 24.2 Å². The van der Waals surface area contributed by atoms with E-state index in [9.17, 15) is 23.6 Å². The van der Waals surface area contributed by atoms with Gasteiger partial charge in [-0.15, -0.1) is 0 Å². The number of hydrogen-bond donors (Lipinski definition) is 2. The fraction of sp³-hybridized carbons (Fsp3) is 0.250. The predicted octanol–water partition coefficient (Wildman–Crippen LogP) is 0.321. The quantitative estimate of drug-likeness (QED) is 0.774. The molecule has 0 unspecified atom stereocenters. The van der Waals surface area contributed by atoms with Crippen molar-refractivity contribution in [3.8, 4) is 0 Å². The fourth-order valence-corrected chi connectivity index (χ4v) is 2.86. The number of aromatic carboxylic acids is 1. The Morgan fingerprint density at radius 1 is 1.24 bits per heavy atom. The number of nitrogens with one attached hydrogen (secondary N) is 1. The highest BCUT2D eigenvalue weighted by molar-refractivity contribution is 6.03. The first-order valence-electron chi connectivity index (χ1n) is 7.49. The molecule has 2 aromatic rings. The number of piperazine rings is 1. The van der Waals surface area contributed by atoms with E-state index in [0.717, 1.165) is 6.07 Å². The van der Waals surface area contributed by atoms with Gasteiger partial charge in [-0.2, -0.15) is 0 Å². The summed E-state index contributed by atoms with van der Waals surface area (Å²) in [4.78, 5) is 47.8. The number of fused-ring (bicyclic) bond motifs is 1. The topological polar surface area (TPSA) is 109 Å². The summed E-state index contributed by atoms with van der Waals surface area (Å²) in [5.74, 6) is -3.30. The zero-order valence-corrected chi connectivity index (χ0v) is 13.2. The van der Waals surface area contributed by atoms with Crippen LogP contribution >= 0.6 is 0 Å². The second-order valence-corrected chi connectivity index (χ2v) is 5.61. The Bertz CT molecular complexity index is 966. The monoisotopic (exact) mass is 347 g/mol. The molecule has 2 N–H and O–H groups in total. The van der Waals surface area contributed by atoms with E-state index < -0.39 is 34.6 Å². The molecule has 9 heteroatoms. The maximum atomic E-state index is 14.5. The molecule has 2 amide bonds. The van der Waals surface area contributed by atoms with Crippen molar-refractivity contribution in [1.82, 2.24) is 9.88 Å². The van der Waals surface area contributed by atoms with Crippen LogP contribution in [0.25, 0.3) is 10.9 Å². The largest absolute Gasteiger partial charge is 0.477 e. The number of carboxylic acid groups (broad SMARTS) is 1. The summed E-state index contributed by atoms with van der Waals surface area (Å²) >= 11 is 0. The number of amides is 2. The molecule has 0 aliphatic carbocycles. The van der Waals surface area contributed by atoms with E-state index in [1.165, 1.54) is 21.7 Å². The highest BCUT2D eigenvalue weighted by Gasteiger charge is 2.26. The average molecular weight is 347 g/mol. The highest BCUT2D eigenvalue weighted by Crippen LogP contribution is 2.26. The molecule has 1 aliphatic rings. The second kappa shape index (κ2) is 6.00. The van der Waals surface area contributed by atoms with Crippen molar-refractivity contribution < 1.29 is 23.9 Å². The van der Waals surface area contributed by atoms with Crippen molar-refractivity contribution >= 4 is 34.4 Å². The lowest BCUT2D eigenvalue weighted by Crippen LogP contribution is -2.51. The number of carbonyl (C=O) groups is 3. The van der Waals surface area contributed by atoms with Gasteiger partial charge in [0.1, 0.15) is 11.4 Å². The third-order valence-electron chi connectivity index (χ3n) is 4.01. The van der Waals surface area contributed by atoms with Gasteiger partial charge in [-0.1, -0.05) is 0 Å². The number of nitrogens with zero attached hydrogens (tertiary/aromatic N) is 2. The highest BCUT2D eigenvalue weighted by atomic mass is 19.1. The van der Waals surface area contributed by atoms with Gasteiger partial charge in [-0.05, 0) is 19.1 Å². The maximum Gasteiger partial charge on any atom is 0.341 e. The van der Waals surface area contributed by atoms with Crippen LogP contribution in [0, 0.1) is 5.82 Å². The van der Waals surface area contributed by atoms with Crippen molar-refractivity contribution in [3.63, 3.8) is 0 Å². The smallest absolute Gasteiger partial charge is 0.341 e. The van der Waals surface area contributed by atoms with Crippen LogP contribution in [-0.4, -0.2) is 40.5 Å². The first-order valence-corrected chi connectivity index (χ1v) is 7.49. The summed E-state index contributed by atoms with van der Waals surface area (Å²) in [5, 5.41) is 11.2. The van der Waals surface area contributed by atoms with Gasteiger partial charge in [0.05, 0.1) is 24.3 Å². The lowest BCUT2D eigenvalue weighted by atomic mass is 10.1. The molecule has 0 radical (unpaired) electrons. The Morgan fingerprint density at radius 3 is 2.44 bits per heavy atom. The Morgan fingerprint density at radius 2 is 1.88 bits per heavy atom. The van der Waals surface area contributed by atoms with Crippen LogP contribution < -0.4 is 15.6 Å². The molecule has 3 rings (SSSR count). The first kappa shape index (κ1) is 16.6. The van der Waals surface area contributed by atoms with Crippen molar-refractivity contribution in [2.75, 3.05) is 18.0 Å². The third kappa shape index (κ3) is 2.84. The average Bonchev–Trinajstić information content (AvgIpc) is 2.54. The number of pyridine rings is 1. The van der Waals surface area contributed by atoms with E-state index in [4.69, 9.17) is 5.11 Å². The van der Waals surface area contributed by atoms with Gasteiger partial charge in [0, 0.05) is 18.1 Å². The minimum Gasteiger partial charge on any atom is -0.477 e. The number of aromatic nitrogens is 1. The number of benzene rings is 1. The molecule has 0 atom stereocenters. The van der Waals surface area contributed by atoms with Crippen LogP contribution in [0.4, 0.5) is 10.1 Å². The van der Waals surface area contributed by atoms with Crippen LogP contribution in [0.1, 0.15) is 17.3 Å². The van der Waals surface area contributed by atoms with Gasteiger partial charge < -0.3 is 14.6 Å². The molecule has 25 heavy (non-hydrogen) atoms. The molecular weight excluding hydrogens is 333 g/mol. The molecule has 1 aromatic heterocycles. The third-order valence-corrected chi connectivity index (χ3v) is 4.01. The number of rotatable bonds is 3. The van der Waals surface area contributed by atoms with Crippen molar-refractivity contribution in [2.45, 2.75) is 13.5 Å². The first-order chi connectivity index (χ1) is 11.8. The zero-order chi connectivity index (χ0) is 18.3. The fourth-order valence-electron chi connectivity index (χ4n) is 2.86. The molecule has 2 heterocycles. The molecule has 130 valence electrons. The summed E-state index contributed by atoms with van der Waals surface area (Å²) < 4.78 is 16.0. The lowest BCUT2D eigenvalue weighted by Gasteiger charge is -2.28. The summed E-state index contributed by atoms with van der Waals surface area (Å²) in [5.41, 5.74) is -0.910. The molecule has 8 nitrogen and oxygen atoms in total. The number of hydrogen-bond acceptors (Lipinski definition) is 5. The zero-order valence-electron chi connectivity index (χ0n) is 13.2. The lowest BCUT2D eigenvalue weighted by molar-refractivity contribution is -0.130. The number of anilines is 1. The molecule has 1 aromatic carbocycles. The molecule has 1 saturated heterocycles. The maximum absolute atomic E-state index is 14.5. The number of imide groups is 1. The predicted molar refractivity (Wildman–Crippen MR) is 86.2 cm³/mol. The summed E-state index contributed by atoms with van der Waals surface area (Å²) in [6.45, 7) is 1.70. The van der Waals surface area contributed by atoms with Gasteiger partial charge >= 0.3 is 5.97 Å². The van der Waals surface area contributed by atoms with Crippen LogP contribution in [-0.2, 0) is 16.1 Å². The summed E-state index contributed by atoms with van der Waals surface area (Å²) in [6.07, 6.45) is 1.20. The van der Waals surface area contributed by atoms with Crippen molar-refractivity contribution in [3.05, 3.63) is 39.9 Å². The number of carbonyl (C=O) groups excluding carboxylic acids is 2. The van der Waals surface area contributed by atoms with Crippen molar-refractivity contribution in [2.24, 2.45) is 0 Å². The van der Waals surface area contributed by atoms with E-state index in [1.807, 2.05) is 0 Å². The van der Waals surface area contributed by atoms with Crippen LogP contribution in [0.2, 0.25) is 0 Å². The van der Waals surface area contributed by atoms with E-state index in [1.54, 1.807) is 6.92 Å². The molecule has 1 fully saturated rings. The van der Waals surface area contributed by atoms with Gasteiger partial charge in [0.2, 0.25) is 17.2 Å². The molecule has 0 saturated carbocycles. The van der Waals surface area contributed by atoms with E-state index in [2.05, 4.69) is 5.32 Å². The SMILES string of the molecule is CCn1cc(C(=O)O)c(=O)c2cc(F)c(N3CC(=O)NC(=O)C3)cc21. The van der Waals surface area contributed by atoms with E-state index >= 15 is 0 Å². The van der Waals surface area contributed by atoms with Crippen LogP contribution in [0.3, 0.4) is 0 Å². The Labute approximate surface area is 140 Å². The normalized spacial score (nSPS) is 14.7. The minimum absolute atomic E-state index is 0.000347. The Balaban J connectivity index is 2.24. The Kier molecular flexibility index (Phi) is 3.99. The number of aryl methyl sites for hydroxylation is 1. The van der Waals surface area contributed by atoms with Gasteiger partial charge in [0.15, 0.2) is 0 Å². The summed E-state index contributed by atoms with van der Waals surface area (Å²) in [6, 6.07) is 2.30. The number of carboxylic acids is 1. The van der Waals surface area contributed by atoms with Gasteiger partial charge in [0.25, 0.3) is 0 Å². The van der Waals surface area contributed by atoms with Crippen LogP contribution in [0.5, 0.6) is 0 Å². The molecule has 0 spiro atoms. The van der Waals surface area contributed by atoms with Crippen LogP contribution in [0.15, 0.2) is 23.1 Å². The minimum atomic E-state index is -1.39. The van der Waals surface area contributed by atoms with Crippen molar-refractivity contribution in [1.29, 1.82) is 0 Å². The summed E-state index contributed by atoms with van der Waals surface area (Å²) in [7, 11) is 0. The van der Waals surface area contributed by atoms with Gasteiger partial charge in [-0.3, -0.25) is 19.7 Å². The standard InChI is InChI=1S/C16H14FN3O5/c1-2-19-5-9(16(24)25)15(23)8-3-10(17)12(4-11(8)19)20-6-13(21)18-14(22)7-20/h3-5H,2,6-7H2,1H3,(H,24,25)(H,18,21,22). The molecule has 1 aliphatic heterocycles. The second-order valence-electron chi connectivity index (χ2n) is 5.61. The van der Waals surface area contributed by atoms with Gasteiger partial charge in [-0.25, -0.2) is 9.18 Å². The number of halogens is 1.